The van der Waals surface area contributed by atoms with Crippen LogP contribution < -0.4 is 15.0 Å². The number of hydrogen-bond donors (Lipinski definition) is 2. The Morgan fingerprint density at radius 1 is 1.13 bits per heavy atom. The molecule has 9 heteroatoms. The first-order valence-corrected chi connectivity index (χ1v) is 13.1. The zero-order valence-corrected chi connectivity index (χ0v) is 22.7. The maximum Gasteiger partial charge on any atom is 0.272 e. The zero-order valence-electron chi connectivity index (χ0n) is 22.0. The van der Waals surface area contributed by atoms with Crippen LogP contribution >= 0.6 is 11.6 Å². The average Bonchev–Trinajstić information content (AvgIpc) is 3.01. The molecule has 3 atom stereocenters. The standard InChI is InChI=1S/C30H31ClFN3O4/c1-18(2)15-24(26(36)17-39-22-7-5-4-6-8-22)29(37)34-28-30(38)35(3)25-14-11-20(31)16-23(25)27(33-28)19-9-12-21(32)13-10-19/h4-14,16,18,24,26,28,36H,15,17H2,1-3H3,(H,34,37)/t24-,26?,28?/m1/s1. The van der Waals surface area contributed by atoms with E-state index >= 15 is 0 Å². The van der Waals surface area contributed by atoms with Gasteiger partial charge in [-0.1, -0.05) is 43.6 Å². The van der Waals surface area contributed by atoms with E-state index in [0.29, 0.717) is 39.7 Å². The van der Waals surface area contributed by atoms with E-state index in [2.05, 4.69) is 10.3 Å². The maximum atomic E-state index is 13.7. The summed E-state index contributed by atoms with van der Waals surface area (Å²) in [5, 5.41) is 14.1. The number of carbonyl (C=O) groups is 2. The second-order valence-corrected chi connectivity index (χ2v) is 10.3. The molecule has 1 aliphatic heterocycles. The number of ether oxygens (including phenoxy) is 1. The zero-order chi connectivity index (χ0) is 28.1. The van der Waals surface area contributed by atoms with Gasteiger partial charge in [0.15, 0.2) is 0 Å². The number of carbonyl (C=O) groups excluding carboxylic acids is 2. The summed E-state index contributed by atoms with van der Waals surface area (Å²) in [6.07, 6.45) is -2.04. The predicted molar refractivity (Wildman–Crippen MR) is 150 cm³/mol. The molecule has 0 radical (unpaired) electrons. The second-order valence-electron chi connectivity index (χ2n) is 9.88. The summed E-state index contributed by atoms with van der Waals surface area (Å²) >= 11 is 6.28. The number of para-hydroxylation sites is 1. The average molecular weight is 552 g/mol. The van der Waals surface area contributed by atoms with Crippen molar-refractivity contribution in [1.29, 1.82) is 0 Å². The van der Waals surface area contributed by atoms with Gasteiger partial charge in [0.25, 0.3) is 5.91 Å². The Morgan fingerprint density at radius 3 is 2.49 bits per heavy atom. The molecule has 1 aliphatic rings. The van der Waals surface area contributed by atoms with Gasteiger partial charge in [-0.15, -0.1) is 0 Å². The van der Waals surface area contributed by atoms with E-state index in [1.54, 1.807) is 49.5 Å². The van der Waals surface area contributed by atoms with Crippen LogP contribution in [0.4, 0.5) is 10.1 Å². The maximum absolute atomic E-state index is 13.7. The molecule has 0 aromatic heterocycles. The number of hydrogen-bond acceptors (Lipinski definition) is 5. The summed E-state index contributed by atoms with van der Waals surface area (Å²) in [4.78, 5) is 33.1. The van der Waals surface area contributed by atoms with Gasteiger partial charge in [-0.2, -0.15) is 0 Å². The topological polar surface area (TPSA) is 91.2 Å². The molecule has 204 valence electrons. The van der Waals surface area contributed by atoms with Crippen molar-refractivity contribution in [3.63, 3.8) is 0 Å². The normalized spacial score (nSPS) is 16.7. The SMILES string of the molecule is CC(C)C[C@@H](C(=O)NC1N=C(c2ccc(F)cc2)c2cc(Cl)ccc2N(C)C1=O)C(O)COc1ccccc1. The molecule has 3 aromatic rings. The van der Waals surface area contributed by atoms with E-state index in [1.807, 2.05) is 32.0 Å². The first-order valence-electron chi connectivity index (χ1n) is 12.7. The van der Waals surface area contributed by atoms with Crippen molar-refractivity contribution in [3.8, 4) is 5.75 Å². The molecule has 2 unspecified atom stereocenters. The molecule has 0 spiro atoms. The Morgan fingerprint density at radius 2 is 1.82 bits per heavy atom. The summed E-state index contributed by atoms with van der Waals surface area (Å²) in [6, 6.07) is 19.8. The number of amides is 2. The summed E-state index contributed by atoms with van der Waals surface area (Å²) in [6.45, 7) is 3.79. The number of anilines is 1. The lowest BCUT2D eigenvalue weighted by Gasteiger charge is -2.26. The molecule has 2 N–H and O–H groups in total. The van der Waals surface area contributed by atoms with Crippen molar-refractivity contribution in [3.05, 3.63) is 94.8 Å². The lowest BCUT2D eigenvalue weighted by molar-refractivity contribution is -0.133. The minimum Gasteiger partial charge on any atom is -0.491 e. The van der Waals surface area contributed by atoms with Gasteiger partial charge in [-0.05, 0) is 66.9 Å². The van der Waals surface area contributed by atoms with Gasteiger partial charge < -0.3 is 20.1 Å². The third-order valence-corrected chi connectivity index (χ3v) is 6.72. The molecule has 39 heavy (non-hydrogen) atoms. The van der Waals surface area contributed by atoms with Crippen LogP contribution in [0.25, 0.3) is 0 Å². The number of likely N-dealkylation sites (N-methyl/N-ethyl adjacent to an activating group) is 1. The van der Waals surface area contributed by atoms with E-state index in [9.17, 15) is 19.1 Å². The highest BCUT2D eigenvalue weighted by atomic mass is 35.5. The van der Waals surface area contributed by atoms with E-state index in [-0.39, 0.29) is 12.5 Å². The monoisotopic (exact) mass is 551 g/mol. The Bertz CT molecular complexity index is 1350. The number of aliphatic hydroxyl groups excluding tert-OH is 1. The van der Waals surface area contributed by atoms with Crippen LogP contribution in [0.15, 0.2) is 77.8 Å². The minimum atomic E-state index is -1.29. The molecular weight excluding hydrogens is 521 g/mol. The van der Waals surface area contributed by atoms with Crippen molar-refractivity contribution >= 4 is 34.8 Å². The fourth-order valence-electron chi connectivity index (χ4n) is 4.48. The molecule has 3 aromatic carbocycles. The van der Waals surface area contributed by atoms with E-state index in [0.717, 1.165) is 0 Å². The van der Waals surface area contributed by atoms with Gasteiger partial charge in [-0.3, -0.25) is 9.59 Å². The van der Waals surface area contributed by atoms with E-state index in [4.69, 9.17) is 16.3 Å². The highest BCUT2D eigenvalue weighted by Gasteiger charge is 2.35. The number of aliphatic imine (C=N–C) groups is 1. The van der Waals surface area contributed by atoms with Crippen molar-refractivity contribution in [1.82, 2.24) is 5.32 Å². The van der Waals surface area contributed by atoms with Crippen molar-refractivity contribution < 1.29 is 23.8 Å². The molecule has 0 saturated carbocycles. The Kier molecular flexibility index (Phi) is 8.99. The fourth-order valence-corrected chi connectivity index (χ4v) is 4.65. The van der Waals surface area contributed by atoms with Crippen molar-refractivity contribution in [2.24, 2.45) is 16.8 Å². The highest BCUT2D eigenvalue weighted by Crippen LogP contribution is 2.30. The smallest absolute Gasteiger partial charge is 0.272 e. The van der Waals surface area contributed by atoms with Crippen LogP contribution in [-0.4, -0.2) is 48.6 Å². The Hall–Kier alpha value is -3.75. The molecule has 1 heterocycles. The van der Waals surface area contributed by atoms with Gasteiger partial charge >= 0.3 is 0 Å². The lowest BCUT2D eigenvalue weighted by Crippen LogP contribution is -2.50. The van der Waals surface area contributed by atoms with Crippen molar-refractivity contribution in [2.45, 2.75) is 32.5 Å². The highest BCUT2D eigenvalue weighted by molar-refractivity contribution is 6.32. The predicted octanol–water partition coefficient (Wildman–Crippen LogP) is 4.84. The number of benzodiazepines with no additional fused rings is 1. The Labute approximate surface area is 232 Å². The quantitative estimate of drug-likeness (QED) is 0.398. The van der Waals surface area contributed by atoms with E-state index < -0.39 is 35.8 Å². The second kappa shape index (κ2) is 12.4. The van der Waals surface area contributed by atoms with Gasteiger partial charge in [0, 0.05) is 23.2 Å². The van der Waals surface area contributed by atoms with Crippen LogP contribution in [0.2, 0.25) is 5.02 Å². The van der Waals surface area contributed by atoms with Crippen LogP contribution in [0.3, 0.4) is 0 Å². The number of nitrogens with zero attached hydrogens (tertiary/aromatic N) is 2. The number of rotatable bonds is 9. The largest absolute Gasteiger partial charge is 0.491 e. The van der Waals surface area contributed by atoms with E-state index in [1.165, 1.54) is 17.0 Å². The van der Waals surface area contributed by atoms with Gasteiger partial charge in [-0.25, -0.2) is 9.38 Å². The molecular formula is C30H31ClFN3O4. The molecule has 0 fully saturated rings. The molecule has 7 nitrogen and oxygen atoms in total. The van der Waals surface area contributed by atoms with Crippen LogP contribution in [0.1, 0.15) is 31.4 Å². The molecule has 0 aliphatic carbocycles. The molecule has 0 saturated heterocycles. The van der Waals surface area contributed by atoms with Gasteiger partial charge in [0.05, 0.1) is 23.4 Å². The number of benzene rings is 3. The van der Waals surface area contributed by atoms with Crippen molar-refractivity contribution in [2.75, 3.05) is 18.6 Å². The van der Waals surface area contributed by atoms with Gasteiger partial charge in [0.2, 0.25) is 12.1 Å². The Balaban J connectivity index is 1.65. The lowest BCUT2D eigenvalue weighted by atomic mass is 9.91. The number of halogens is 2. The minimum absolute atomic E-state index is 0.0873. The number of aliphatic hydroxyl groups is 1. The van der Waals surface area contributed by atoms with Crippen LogP contribution in [-0.2, 0) is 9.59 Å². The fraction of sp³-hybridized carbons (Fsp3) is 0.300. The number of fused-ring (bicyclic) bond motifs is 1. The summed E-state index contributed by atoms with van der Waals surface area (Å²) in [5.74, 6) is -1.60. The first kappa shape index (κ1) is 28.3. The van der Waals surface area contributed by atoms with Crippen LogP contribution in [0.5, 0.6) is 5.75 Å². The first-order chi connectivity index (χ1) is 18.6. The number of nitrogens with one attached hydrogen (secondary N) is 1. The summed E-state index contributed by atoms with van der Waals surface area (Å²) < 4.78 is 19.4. The third-order valence-electron chi connectivity index (χ3n) is 6.48. The summed E-state index contributed by atoms with van der Waals surface area (Å²) in [5.41, 5.74) is 2.04. The molecule has 2 amide bonds. The van der Waals surface area contributed by atoms with Crippen LogP contribution in [0, 0.1) is 17.7 Å². The van der Waals surface area contributed by atoms with Gasteiger partial charge in [0.1, 0.15) is 18.2 Å². The third kappa shape index (κ3) is 6.82. The molecule has 4 rings (SSSR count). The molecule has 0 bridgehead atoms. The summed E-state index contributed by atoms with van der Waals surface area (Å²) in [7, 11) is 1.59.